The Hall–Kier alpha value is -1.55. The van der Waals surface area contributed by atoms with E-state index in [1.807, 2.05) is 0 Å². The first-order chi connectivity index (χ1) is 36.9. The molecule has 16 atom stereocenters. The molecule has 23 nitrogen and oxygen atoms in total. The van der Waals surface area contributed by atoms with Crippen molar-refractivity contribution in [2.75, 3.05) is 26.4 Å². The SMILES string of the molecule is CCCCCCCCCCCCCCCCCC(=O)OC(COC(=O)CCCCCCCCCCCCC)COP(=O)(O)OC1C(OC2OC(CO)C(O)C(O)C2O)C(O)C(O)C(O)C1OC1OC(CO)C(O)C(O)C1O. The van der Waals surface area contributed by atoms with Gasteiger partial charge in [0.05, 0.1) is 19.8 Å². The molecule has 12 N–H and O–H groups in total. The van der Waals surface area contributed by atoms with Crippen molar-refractivity contribution >= 4 is 19.8 Å². The molecule has 0 amide bonds. The van der Waals surface area contributed by atoms with Crippen LogP contribution in [0.25, 0.3) is 0 Å². The summed E-state index contributed by atoms with van der Waals surface area (Å²) in [6, 6.07) is 0. The minimum atomic E-state index is -5.63. The number of aliphatic hydroxyl groups is 11. The molecule has 2 heterocycles. The van der Waals surface area contributed by atoms with Gasteiger partial charge < -0.3 is 89.5 Å². The van der Waals surface area contributed by atoms with Gasteiger partial charge in [-0.3, -0.25) is 18.6 Å². The van der Waals surface area contributed by atoms with Crippen molar-refractivity contribution < 1.29 is 113 Å². The Labute approximate surface area is 455 Å². The normalized spacial score (nSPS) is 31.9. The largest absolute Gasteiger partial charge is 0.472 e. The predicted molar refractivity (Wildman–Crippen MR) is 277 cm³/mol. The van der Waals surface area contributed by atoms with E-state index in [-0.39, 0.29) is 12.8 Å². The summed E-state index contributed by atoms with van der Waals surface area (Å²) in [5.41, 5.74) is 0. The third kappa shape index (κ3) is 25.2. The van der Waals surface area contributed by atoms with E-state index in [0.717, 1.165) is 57.8 Å². The highest BCUT2D eigenvalue weighted by atomic mass is 31.2. The number of aliphatic hydroxyl groups excluding tert-OH is 11. The molecule has 24 heteroatoms. The van der Waals surface area contributed by atoms with Crippen LogP contribution in [0.3, 0.4) is 0 Å². The Morgan fingerprint density at radius 2 is 0.779 bits per heavy atom. The van der Waals surface area contributed by atoms with Crippen molar-refractivity contribution in [3.05, 3.63) is 0 Å². The fourth-order valence-corrected chi connectivity index (χ4v) is 10.8. The number of phosphoric ester groups is 1. The van der Waals surface area contributed by atoms with Gasteiger partial charge in [0, 0.05) is 12.8 Å². The summed E-state index contributed by atoms with van der Waals surface area (Å²) in [5, 5.41) is 116. The van der Waals surface area contributed by atoms with E-state index in [1.165, 1.54) is 96.3 Å². The zero-order chi connectivity index (χ0) is 56.8. The van der Waals surface area contributed by atoms with E-state index >= 15 is 0 Å². The molecule has 3 fully saturated rings. The highest BCUT2D eigenvalue weighted by Crippen LogP contribution is 2.49. The second-order valence-electron chi connectivity index (χ2n) is 21.2. The average molecular weight is 1140 g/mol. The van der Waals surface area contributed by atoms with Crippen molar-refractivity contribution in [2.45, 2.75) is 298 Å². The van der Waals surface area contributed by atoms with Crippen molar-refractivity contribution in [3.8, 4) is 0 Å². The van der Waals surface area contributed by atoms with Crippen molar-refractivity contribution in [3.63, 3.8) is 0 Å². The minimum Gasteiger partial charge on any atom is -0.462 e. The summed E-state index contributed by atoms with van der Waals surface area (Å²) in [7, 11) is -5.63. The van der Waals surface area contributed by atoms with Crippen LogP contribution in [-0.4, -0.2) is 204 Å². The van der Waals surface area contributed by atoms with Gasteiger partial charge in [-0.2, -0.15) is 0 Å². The number of ether oxygens (including phenoxy) is 6. The number of carbonyl (C=O) groups excluding carboxylic acids is 2. The molecule has 0 spiro atoms. The third-order valence-electron chi connectivity index (χ3n) is 14.7. The van der Waals surface area contributed by atoms with Gasteiger partial charge in [0.2, 0.25) is 0 Å². The third-order valence-corrected chi connectivity index (χ3v) is 15.7. The molecule has 1 saturated carbocycles. The summed E-state index contributed by atoms with van der Waals surface area (Å²) in [4.78, 5) is 37.4. The summed E-state index contributed by atoms with van der Waals surface area (Å²) in [5.74, 6) is -1.32. The number of unbranched alkanes of at least 4 members (excludes halogenated alkanes) is 24. The minimum absolute atomic E-state index is 0.0250. The molecule has 0 aromatic heterocycles. The van der Waals surface area contributed by atoms with Gasteiger partial charge in [-0.1, -0.05) is 168 Å². The second kappa shape index (κ2) is 39.0. The monoisotopic (exact) mass is 1130 g/mol. The van der Waals surface area contributed by atoms with Crippen molar-refractivity contribution in [1.29, 1.82) is 0 Å². The molecule has 454 valence electrons. The van der Waals surface area contributed by atoms with E-state index in [4.69, 9.17) is 37.5 Å². The first kappa shape index (κ1) is 69.7. The maximum Gasteiger partial charge on any atom is 0.472 e. The van der Waals surface area contributed by atoms with Crippen LogP contribution < -0.4 is 0 Å². The molecule has 77 heavy (non-hydrogen) atoms. The van der Waals surface area contributed by atoms with Gasteiger partial charge in [-0.25, -0.2) is 4.57 Å². The summed E-state index contributed by atoms with van der Waals surface area (Å²) in [6.45, 7) is 1.00. The zero-order valence-corrected chi connectivity index (χ0v) is 46.6. The van der Waals surface area contributed by atoms with E-state index in [0.29, 0.717) is 12.8 Å². The van der Waals surface area contributed by atoms with Crippen molar-refractivity contribution in [2.24, 2.45) is 0 Å². The van der Waals surface area contributed by atoms with Gasteiger partial charge in [0.1, 0.15) is 92.1 Å². The molecular weight excluding hydrogens is 1040 g/mol. The molecule has 3 rings (SSSR count). The van der Waals surface area contributed by atoms with E-state index < -0.39 is 150 Å². The first-order valence-electron chi connectivity index (χ1n) is 28.9. The van der Waals surface area contributed by atoms with Crippen LogP contribution in [0.2, 0.25) is 0 Å². The topological polar surface area (TPSA) is 368 Å². The molecule has 0 aromatic rings. The maximum absolute atomic E-state index is 14.0. The van der Waals surface area contributed by atoms with Crippen LogP contribution in [-0.2, 0) is 51.6 Å². The van der Waals surface area contributed by atoms with Gasteiger partial charge in [0.25, 0.3) is 0 Å². The van der Waals surface area contributed by atoms with E-state index in [9.17, 15) is 75.2 Å². The summed E-state index contributed by atoms with van der Waals surface area (Å²) in [6.07, 6.45) is -6.14. The van der Waals surface area contributed by atoms with Crippen molar-refractivity contribution in [1.82, 2.24) is 0 Å². The smallest absolute Gasteiger partial charge is 0.462 e. The molecule has 0 bridgehead atoms. The Balaban J connectivity index is 1.71. The van der Waals surface area contributed by atoms with Crippen LogP contribution in [0, 0.1) is 0 Å². The van der Waals surface area contributed by atoms with E-state index in [1.54, 1.807) is 0 Å². The molecule has 1 aliphatic carbocycles. The number of hydrogen-bond donors (Lipinski definition) is 12. The zero-order valence-electron chi connectivity index (χ0n) is 45.7. The van der Waals surface area contributed by atoms with Crippen LogP contribution in [0.1, 0.15) is 194 Å². The van der Waals surface area contributed by atoms with Gasteiger partial charge in [0.15, 0.2) is 18.7 Å². The Kier molecular flexibility index (Phi) is 35.3. The van der Waals surface area contributed by atoms with Gasteiger partial charge >= 0.3 is 19.8 Å². The quantitative estimate of drug-likeness (QED) is 0.0237. The van der Waals surface area contributed by atoms with Crippen LogP contribution in [0.15, 0.2) is 0 Å². The molecule has 2 saturated heterocycles. The van der Waals surface area contributed by atoms with Gasteiger partial charge in [-0.15, -0.1) is 0 Å². The second-order valence-corrected chi connectivity index (χ2v) is 22.6. The van der Waals surface area contributed by atoms with E-state index in [2.05, 4.69) is 13.8 Å². The van der Waals surface area contributed by atoms with Crippen LogP contribution in [0.4, 0.5) is 0 Å². The number of phosphoric acid groups is 1. The molecule has 3 aliphatic rings. The molecule has 0 aromatic carbocycles. The molecule has 16 unspecified atom stereocenters. The fourth-order valence-electron chi connectivity index (χ4n) is 9.83. The Morgan fingerprint density at radius 3 is 1.14 bits per heavy atom. The lowest BCUT2D eigenvalue weighted by Crippen LogP contribution is -2.69. The predicted octanol–water partition coefficient (Wildman–Crippen LogP) is 3.37. The summed E-state index contributed by atoms with van der Waals surface area (Å²) < 4.78 is 58.0. The number of carbonyl (C=O) groups is 2. The lowest BCUT2D eigenvalue weighted by molar-refractivity contribution is -0.360. The lowest BCUT2D eigenvalue weighted by atomic mass is 9.84. The summed E-state index contributed by atoms with van der Waals surface area (Å²) >= 11 is 0. The number of rotatable bonds is 42. The van der Waals surface area contributed by atoms with Gasteiger partial charge in [-0.05, 0) is 12.8 Å². The maximum atomic E-state index is 14.0. The Morgan fingerprint density at radius 1 is 0.442 bits per heavy atom. The molecule has 2 aliphatic heterocycles. The standard InChI is InChI=1S/C53H99O23P/c1-3-5-7-9-11-13-15-16-17-18-20-22-24-26-28-30-39(57)71-35(33-69-38(56)29-27-25-23-21-19-14-12-10-8-6-4-2)34-70-77(67,68)76-51-49(74-52-47(65)42(60)40(58)36(31-54)72-52)45(63)44(62)46(64)50(51)75-53-48(66)43(61)41(59)37(32-55)73-53/h35-37,40-55,58-66H,3-34H2,1-2H3,(H,67,68). The molecule has 0 radical (unpaired) electrons. The average Bonchev–Trinajstić information content (AvgIpc) is 3.43. The lowest BCUT2D eigenvalue weighted by Gasteiger charge is -2.49. The van der Waals surface area contributed by atoms with Crippen LogP contribution in [0.5, 0.6) is 0 Å². The fraction of sp³-hybridized carbons (Fsp3) is 0.962. The Bertz CT molecular complexity index is 1550. The highest BCUT2D eigenvalue weighted by Gasteiger charge is 2.58. The number of hydrogen-bond acceptors (Lipinski definition) is 22. The van der Waals surface area contributed by atoms with Crippen LogP contribution >= 0.6 is 7.82 Å². The number of esters is 2. The molecular formula is C53H99O23P. The highest BCUT2D eigenvalue weighted by molar-refractivity contribution is 7.47. The first-order valence-corrected chi connectivity index (χ1v) is 30.4.